The van der Waals surface area contributed by atoms with Crippen LogP contribution in [0.15, 0.2) is 18.2 Å². The Kier molecular flexibility index (Phi) is 4.16. The van der Waals surface area contributed by atoms with Crippen LogP contribution in [0.25, 0.3) is 0 Å². The highest BCUT2D eigenvalue weighted by atomic mass is 19.1. The van der Waals surface area contributed by atoms with Gasteiger partial charge in [-0.3, -0.25) is 4.90 Å². The van der Waals surface area contributed by atoms with E-state index in [0.717, 1.165) is 30.8 Å². The summed E-state index contributed by atoms with van der Waals surface area (Å²) in [5, 5.41) is 0. The molecule has 0 amide bonds. The average molecular weight is 235 g/mol. The zero-order valence-corrected chi connectivity index (χ0v) is 10.9. The van der Waals surface area contributed by atoms with Crippen molar-refractivity contribution in [1.29, 1.82) is 0 Å². The van der Waals surface area contributed by atoms with Crippen LogP contribution in [-0.4, -0.2) is 18.0 Å². The van der Waals surface area contributed by atoms with Crippen LogP contribution in [0.3, 0.4) is 0 Å². The summed E-state index contributed by atoms with van der Waals surface area (Å²) in [4.78, 5) is 2.42. The third-order valence-corrected chi connectivity index (χ3v) is 3.54. The Labute approximate surface area is 104 Å². The average Bonchev–Trinajstić information content (AvgIpc) is 2.30. The topological polar surface area (TPSA) is 3.24 Å². The number of hydrogen-bond acceptors (Lipinski definition) is 1. The van der Waals surface area contributed by atoms with E-state index in [1.165, 1.54) is 19.3 Å². The van der Waals surface area contributed by atoms with Gasteiger partial charge in [-0.15, -0.1) is 0 Å². The monoisotopic (exact) mass is 235 g/mol. The summed E-state index contributed by atoms with van der Waals surface area (Å²) < 4.78 is 13.8. The van der Waals surface area contributed by atoms with Crippen molar-refractivity contribution >= 4 is 0 Å². The molecule has 0 unspecified atom stereocenters. The second-order valence-corrected chi connectivity index (χ2v) is 5.35. The molecule has 17 heavy (non-hydrogen) atoms. The normalized spacial score (nSPS) is 17.6. The summed E-state index contributed by atoms with van der Waals surface area (Å²) in [6.45, 7) is 7.28. The number of rotatable bonds is 3. The summed E-state index contributed by atoms with van der Waals surface area (Å²) >= 11 is 0. The van der Waals surface area contributed by atoms with Gasteiger partial charge in [-0.1, -0.05) is 32.4 Å². The van der Waals surface area contributed by atoms with Crippen LogP contribution in [0.1, 0.15) is 50.2 Å². The second kappa shape index (κ2) is 5.63. The van der Waals surface area contributed by atoms with Crippen LogP contribution in [0.2, 0.25) is 0 Å². The first-order valence-corrected chi connectivity index (χ1v) is 6.67. The van der Waals surface area contributed by atoms with Crippen LogP contribution in [0.4, 0.5) is 4.39 Å². The lowest BCUT2D eigenvalue weighted by Gasteiger charge is -2.26. The first-order chi connectivity index (χ1) is 8.16. The van der Waals surface area contributed by atoms with E-state index in [2.05, 4.69) is 11.0 Å². The molecule has 0 aromatic heterocycles. The number of likely N-dealkylation sites (tertiary alicyclic amines) is 1. The highest BCUT2D eigenvalue weighted by Crippen LogP contribution is 2.21. The molecule has 0 N–H and O–H groups in total. The molecule has 0 aliphatic carbocycles. The summed E-state index contributed by atoms with van der Waals surface area (Å²) in [6, 6.07) is 5.73. The van der Waals surface area contributed by atoms with Gasteiger partial charge in [0.15, 0.2) is 0 Å². The number of halogens is 1. The molecule has 0 atom stereocenters. The zero-order chi connectivity index (χ0) is 12.3. The standard InChI is InChI=1S/C15H22FN/c1-12(2)14-7-6-13(10-15(14)16)11-17-8-4-3-5-9-17/h6-7,10,12H,3-5,8-9,11H2,1-2H3. The van der Waals surface area contributed by atoms with Gasteiger partial charge in [0, 0.05) is 6.54 Å². The maximum absolute atomic E-state index is 13.8. The van der Waals surface area contributed by atoms with Crippen molar-refractivity contribution in [2.45, 2.75) is 45.6 Å². The molecule has 1 aliphatic rings. The molecule has 0 bridgehead atoms. The minimum atomic E-state index is -0.0468. The first kappa shape index (κ1) is 12.6. The lowest BCUT2D eigenvalue weighted by molar-refractivity contribution is 0.220. The quantitative estimate of drug-likeness (QED) is 0.767. The third-order valence-electron chi connectivity index (χ3n) is 3.54. The predicted octanol–water partition coefficient (Wildman–Crippen LogP) is 3.94. The van der Waals surface area contributed by atoms with E-state index < -0.39 is 0 Å². The van der Waals surface area contributed by atoms with Crippen molar-refractivity contribution in [3.8, 4) is 0 Å². The molecule has 1 aromatic rings. The van der Waals surface area contributed by atoms with Gasteiger partial charge in [0.05, 0.1) is 0 Å². The maximum Gasteiger partial charge on any atom is 0.126 e. The minimum Gasteiger partial charge on any atom is -0.299 e. The summed E-state index contributed by atoms with van der Waals surface area (Å²) in [7, 11) is 0. The molecule has 1 aliphatic heterocycles. The smallest absolute Gasteiger partial charge is 0.126 e. The van der Waals surface area contributed by atoms with Crippen LogP contribution < -0.4 is 0 Å². The van der Waals surface area contributed by atoms with Gasteiger partial charge < -0.3 is 0 Å². The lowest BCUT2D eigenvalue weighted by atomic mass is 10.0. The van der Waals surface area contributed by atoms with Gasteiger partial charge in [-0.25, -0.2) is 4.39 Å². The van der Waals surface area contributed by atoms with Gasteiger partial charge >= 0.3 is 0 Å². The van der Waals surface area contributed by atoms with E-state index in [9.17, 15) is 4.39 Å². The molecular formula is C15H22FN. The van der Waals surface area contributed by atoms with Gasteiger partial charge in [0.1, 0.15) is 5.82 Å². The van der Waals surface area contributed by atoms with E-state index >= 15 is 0 Å². The molecule has 0 spiro atoms. The largest absolute Gasteiger partial charge is 0.299 e. The maximum atomic E-state index is 13.8. The SMILES string of the molecule is CC(C)c1ccc(CN2CCCCC2)cc1F. The van der Waals surface area contributed by atoms with Gasteiger partial charge in [0.2, 0.25) is 0 Å². The van der Waals surface area contributed by atoms with Gasteiger partial charge in [0.25, 0.3) is 0 Å². The molecule has 1 aromatic carbocycles. The van der Waals surface area contributed by atoms with E-state index in [0.29, 0.717) is 0 Å². The van der Waals surface area contributed by atoms with Crippen LogP contribution >= 0.6 is 0 Å². The Morgan fingerprint density at radius 2 is 1.88 bits per heavy atom. The number of nitrogens with zero attached hydrogens (tertiary/aromatic N) is 1. The molecule has 94 valence electrons. The molecule has 1 heterocycles. The number of hydrogen-bond donors (Lipinski definition) is 0. The number of benzene rings is 1. The van der Waals surface area contributed by atoms with Crippen molar-refractivity contribution in [3.05, 3.63) is 35.1 Å². The lowest BCUT2D eigenvalue weighted by Crippen LogP contribution is -2.29. The highest BCUT2D eigenvalue weighted by molar-refractivity contribution is 5.26. The highest BCUT2D eigenvalue weighted by Gasteiger charge is 2.12. The Hall–Kier alpha value is -0.890. The van der Waals surface area contributed by atoms with Gasteiger partial charge in [-0.05, 0) is 49.0 Å². The van der Waals surface area contributed by atoms with Gasteiger partial charge in [-0.2, -0.15) is 0 Å². The molecule has 1 fully saturated rings. The second-order valence-electron chi connectivity index (χ2n) is 5.35. The fraction of sp³-hybridized carbons (Fsp3) is 0.600. The van der Waals surface area contributed by atoms with Crippen molar-refractivity contribution in [2.24, 2.45) is 0 Å². The van der Waals surface area contributed by atoms with Crippen molar-refractivity contribution < 1.29 is 4.39 Å². The van der Waals surface area contributed by atoms with Crippen LogP contribution in [0.5, 0.6) is 0 Å². The van der Waals surface area contributed by atoms with Crippen molar-refractivity contribution in [1.82, 2.24) is 4.90 Å². The van der Waals surface area contributed by atoms with Crippen LogP contribution in [0, 0.1) is 5.82 Å². The Morgan fingerprint density at radius 3 is 2.47 bits per heavy atom. The van der Waals surface area contributed by atoms with E-state index in [-0.39, 0.29) is 11.7 Å². The van der Waals surface area contributed by atoms with Crippen molar-refractivity contribution in [3.63, 3.8) is 0 Å². The Balaban J connectivity index is 2.04. The zero-order valence-electron chi connectivity index (χ0n) is 10.9. The Morgan fingerprint density at radius 1 is 1.18 bits per heavy atom. The molecule has 1 nitrogen and oxygen atoms in total. The molecular weight excluding hydrogens is 213 g/mol. The number of piperidine rings is 1. The van der Waals surface area contributed by atoms with Crippen molar-refractivity contribution in [2.75, 3.05) is 13.1 Å². The van der Waals surface area contributed by atoms with E-state index in [1.54, 1.807) is 6.07 Å². The van der Waals surface area contributed by atoms with Crippen LogP contribution in [-0.2, 0) is 6.54 Å². The summed E-state index contributed by atoms with van der Waals surface area (Å²) in [6.07, 6.45) is 3.91. The Bertz CT molecular complexity index is 367. The minimum absolute atomic E-state index is 0.0468. The van der Waals surface area contributed by atoms with E-state index in [4.69, 9.17) is 0 Å². The summed E-state index contributed by atoms with van der Waals surface area (Å²) in [5.74, 6) is 0.216. The fourth-order valence-electron chi connectivity index (χ4n) is 2.51. The molecule has 0 saturated carbocycles. The predicted molar refractivity (Wildman–Crippen MR) is 69.6 cm³/mol. The first-order valence-electron chi connectivity index (χ1n) is 6.67. The van der Waals surface area contributed by atoms with E-state index in [1.807, 2.05) is 19.9 Å². The molecule has 2 heteroatoms. The molecule has 2 rings (SSSR count). The molecule has 1 saturated heterocycles. The summed E-state index contributed by atoms with van der Waals surface area (Å²) in [5.41, 5.74) is 1.93. The molecule has 0 radical (unpaired) electrons. The fourth-order valence-corrected chi connectivity index (χ4v) is 2.51. The third kappa shape index (κ3) is 3.29.